The number of rotatable bonds is 6. The molecule has 186 valence electrons. The van der Waals surface area contributed by atoms with Crippen molar-refractivity contribution in [3.8, 4) is 0 Å². The van der Waals surface area contributed by atoms with E-state index >= 15 is 0 Å². The number of alkyl halides is 3. The van der Waals surface area contributed by atoms with Crippen molar-refractivity contribution in [2.75, 3.05) is 13.1 Å². The lowest BCUT2D eigenvalue weighted by atomic mass is 9.85. The molecule has 0 saturated carbocycles. The van der Waals surface area contributed by atoms with Crippen LogP contribution in [0.4, 0.5) is 13.2 Å². The second kappa shape index (κ2) is 11.0. The minimum Gasteiger partial charge on any atom is -0.478 e. The van der Waals surface area contributed by atoms with Gasteiger partial charge in [0.1, 0.15) is 0 Å². The lowest BCUT2D eigenvalue weighted by Crippen LogP contribution is -2.26. The third-order valence-electron chi connectivity index (χ3n) is 6.70. The molecule has 36 heavy (non-hydrogen) atoms. The smallest absolute Gasteiger partial charge is 0.416 e. The van der Waals surface area contributed by atoms with Crippen LogP contribution in [0.15, 0.2) is 96.6 Å². The average Bonchev–Trinajstić information content (AvgIpc) is 2.89. The molecule has 1 heterocycles. The van der Waals surface area contributed by atoms with Crippen molar-refractivity contribution in [1.82, 2.24) is 5.32 Å². The first-order chi connectivity index (χ1) is 17.3. The highest BCUT2D eigenvalue weighted by molar-refractivity contribution is 5.97. The number of aliphatic carboxylic acids is 1. The van der Waals surface area contributed by atoms with E-state index in [2.05, 4.69) is 24.0 Å². The largest absolute Gasteiger partial charge is 0.478 e. The summed E-state index contributed by atoms with van der Waals surface area (Å²) in [5.74, 6) is -0.461. The van der Waals surface area contributed by atoms with Crippen LogP contribution in [-0.2, 0) is 11.0 Å². The Hall–Kier alpha value is -3.64. The highest BCUT2D eigenvalue weighted by Gasteiger charge is 2.30. The van der Waals surface area contributed by atoms with E-state index < -0.39 is 17.7 Å². The fraction of sp³-hybridized carbons (Fsp3) is 0.233. The standard InChI is InChI=1S/C30H28F3NO2/c1-2-20(21-11-13-27(14-12-21)30(31,32)33)3-6-24-9-10-26(29(35)36)19-28(24)25-7-4-22(5-8-25)23-15-17-34-18-16-23/h2-8,10-14,19,23,34H,1,9,15-18H2,(H,35,36)/b20-3+,24-6+. The lowest BCUT2D eigenvalue weighted by molar-refractivity contribution is -0.137. The second-order valence-electron chi connectivity index (χ2n) is 8.97. The van der Waals surface area contributed by atoms with Gasteiger partial charge >= 0.3 is 12.1 Å². The van der Waals surface area contributed by atoms with Crippen LogP contribution in [-0.4, -0.2) is 24.2 Å². The Morgan fingerprint density at radius 3 is 2.28 bits per heavy atom. The maximum absolute atomic E-state index is 12.9. The van der Waals surface area contributed by atoms with Gasteiger partial charge in [-0.25, -0.2) is 4.79 Å². The monoisotopic (exact) mass is 491 g/mol. The Morgan fingerprint density at radius 1 is 1.03 bits per heavy atom. The van der Waals surface area contributed by atoms with Gasteiger partial charge in [0.05, 0.1) is 11.1 Å². The minimum atomic E-state index is -4.39. The van der Waals surface area contributed by atoms with E-state index in [1.54, 1.807) is 18.2 Å². The SMILES string of the molecule is C=C/C(=C\C=C1/CC=C(C(=O)O)C=C1c1ccc(C2CCNCC2)cc1)c1ccc(C(F)(F)F)cc1. The zero-order chi connectivity index (χ0) is 25.7. The molecule has 6 heteroatoms. The number of hydrogen-bond donors (Lipinski definition) is 2. The van der Waals surface area contributed by atoms with Crippen molar-refractivity contribution in [3.05, 3.63) is 119 Å². The first kappa shape index (κ1) is 25.5. The normalized spacial score (nSPS) is 18.5. The van der Waals surface area contributed by atoms with Gasteiger partial charge in [-0.2, -0.15) is 13.2 Å². The van der Waals surface area contributed by atoms with Crippen molar-refractivity contribution in [2.45, 2.75) is 31.4 Å². The maximum atomic E-state index is 12.9. The molecule has 2 aromatic carbocycles. The summed E-state index contributed by atoms with van der Waals surface area (Å²) in [6.45, 7) is 5.83. The average molecular weight is 492 g/mol. The van der Waals surface area contributed by atoms with Crippen LogP contribution in [0, 0.1) is 0 Å². The first-order valence-electron chi connectivity index (χ1n) is 11.9. The van der Waals surface area contributed by atoms with Crippen LogP contribution in [0.25, 0.3) is 11.1 Å². The molecule has 0 radical (unpaired) electrons. The van der Waals surface area contributed by atoms with E-state index in [-0.39, 0.29) is 5.57 Å². The molecular weight excluding hydrogens is 463 g/mol. The molecule has 2 N–H and O–H groups in total. The number of allylic oxidation sites excluding steroid dienone is 7. The van der Waals surface area contributed by atoms with Gasteiger partial charge in [0, 0.05) is 0 Å². The van der Waals surface area contributed by atoms with E-state index in [4.69, 9.17) is 0 Å². The van der Waals surface area contributed by atoms with Gasteiger partial charge < -0.3 is 10.4 Å². The summed E-state index contributed by atoms with van der Waals surface area (Å²) in [5.41, 5.74) is 4.76. The predicted molar refractivity (Wildman–Crippen MR) is 137 cm³/mol. The molecule has 1 aliphatic heterocycles. The number of benzene rings is 2. The summed E-state index contributed by atoms with van der Waals surface area (Å²) in [5, 5.41) is 12.9. The fourth-order valence-corrected chi connectivity index (χ4v) is 4.63. The number of nitrogens with one attached hydrogen (secondary N) is 1. The van der Waals surface area contributed by atoms with E-state index in [0.29, 0.717) is 23.5 Å². The Labute approximate surface area is 209 Å². The molecule has 2 aliphatic rings. The second-order valence-corrected chi connectivity index (χ2v) is 8.97. The van der Waals surface area contributed by atoms with Crippen LogP contribution >= 0.6 is 0 Å². The third-order valence-corrected chi connectivity index (χ3v) is 6.70. The minimum absolute atomic E-state index is 0.236. The van der Waals surface area contributed by atoms with Gasteiger partial charge in [0.2, 0.25) is 0 Å². The summed E-state index contributed by atoms with van der Waals surface area (Å²) in [6, 6.07) is 13.3. The van der Waals surface area contributed by atoms with Gasteiger partial charge in [0.15, 0.2) is 0 Å². The van der Waals surface area contributed by atoms with E-state index in [1.165, 1.54) is 17.7 Å². The van der Waals surface area contributed by atoms with E-state index in [9.17, 15) is 23.1 Å². The molecule has 4 rings (SSSR count). The molecule has 1 aliphatic carbocycles. The number of piperidine rings is 1. The predicted octanol–water partition coefficient (Wildman–Crippen LogP) is 7.17. The zero-order valence-corrected chi connectivity index (χ0v) is 19.8. The molecule has 0 amide bonds. The summed E-state index contributed by atoms with van der Waals surface area (Å²) < 4.78 is 38.7. The summed E-state index contributed by atoms with van der Waals surface area (Å²) in [6.07, 6.45) is 6.86. The maximum Gasteiger partial charge on any atom is 0.416 e. The van der Waals surface area contributed by atoms with Crippen LogP contribution in [0.5, 0.6) is 0 Å². The van der Waals surface area contributed by atoms with Crippen LogP contribution < -0.4 is 5.32 Å². The fourth-order valence-electron chi connectivity index (χ4n) is 4.63. The highest BCUT2D eigenvalue weighted by Crippen LogP contribution is 2.34. The number of carboxylic acids is 1. The zero-order valence-electron chi connectivity index (χ0n) is 19.8. The molecule has 0 bridgehead atoms. The van der Waals surface area contributed by atoms with Crippen molar-refractivity contribution in [2.24, 2.45) is 0 Å². The molecule has 1 saturated heterocycles. The first-order valence-corrected chi connectivity index (χ1v) is 11.9. The Morgan fingerprint density at radius 2 is 1.69 bits per heavy atom. The summed E-state index contributed by atoms with van der Waals surface area (Å²) in [7, 11) is 0. The van der Waals surface area contributed by atoms with Crippen molar-refractivity contribution in [1.29, 1.82) is 0 Å². The number of halogens is 3. The quantitative estimate of drug-likeness (QED) is 0.421. The molecule has 0 spiro atoms. The van der Waals surface area contributed by atoms with Gasteiger partial charge in [-0.3, -0.25) is 0 Å². The number of carbonyl (C=O) groups is 1. The van der Waals surface area contributed by atoms with Gasteiger partial charge in [-0.15, -0.1) is 0 Å². The van der Waals surface area contributed by atoms with Crippen LogP contribution in [0.1, 0.15) is 47.4 Å². The van der Waals surface area contributed by atoms with Crippen molar-refractivity contribution >= 4 is 17.1 Å². The summed E-state index contributed by atoms with van der Waals surface area (Å²) in [4.78, 5) is 11.7. The van der Waals surface area contributed by atoms with Gasteiger partial charge in [-0.05, 0) is 89.9 Å². The third kappa shape index (κ3) is 5.94. The van der Waals surface area contributed by atoms with Crippen molar-refractivity contribution < 1.29 is 23.1 Å². The van der Waals surface area contributed by atoms with Gasteiger partial charge in [-0.1, -0.05) is 67.3 Å². The Kier molecular flexibility index (Phi) is 7.75. The Bertz CT molecular complexity index is 1240. The highest BCUT2D eigenvalue weighted by atomic mass is 19.4. The topological polar surface area (TPSA) is 49.3 Å². The molecule has 0 atom stereocenters. The summed E-state index contributed by atoms with van der Waals surface area (Å²) >= 11 is 0. The van der Waals surface area contributed by atoms with Crippen LogP contribution in [0.3, 0.4) is 0 Å². The molecular formula is C30H28F3NO2. The number of carboxylic acid groups (broad SMARTS) is 1. The van der Waals surface area contributed by atoms with Crippen molar-refractivity contribution in [3.63, 3.8) is 0 Å². The lowest BCUT2D eigenvalue weighted by Gasteiger charge is -2.23. The van der Waals surface area contributed by atoms with E-state index in [0.717, 1.165) is 54.8 Å². The van der Waals surface area contributed by atoms with E-state index in [1.807, 2.05) is 24.3 Å². The molecule has 3 nitrogen and oxygen atoms in total. The number of hydrogen-bond acceptors (Lipinski definition) is 2. The molecule has 2 aromatic rings. The van der Waals surface area contributed by atoms with Crippen LogP contribution in [0.2, 0.25) is 0 Å². The Balaban J connectivity index is 1.64. The molecule has 0 aromatic heterocycles. The molecule has 1 fully saturated rings. The molecule has 0 unspecified atom stereocenters. The van der Waals surface area contributed by atoms with Gasteiger partial charge in [0.25, 0.3) is 0 Å².